The fourth-order valence-corrected chi connectivity index (χ4v) is 0.676. The van der Waals surface area contributed by atoms with Gasteiger partial charge >= 0.3 is 5.97 Å². The molecule has 76 valence electrons. The number of hydrogen-bond acceptors (Lipinski definition) is 3. The van der Waals surface area contributed by atoms with E-state index in [9.17, 15) is 9.59 Å². The lowest BCUT2D eigenvalue weighted by Crippen LogP contribution is -2.23. The molecule has 0 unspecified atom stereocenters. The second-order valence-corrected chi connectivity index (χ2v) is 3.16. The van der Waals surface area contributed by atoms with Gasteiger partial charge < -0.3 is 10.1 Å². The van der Waals surface area contributed by atoms with Gasteiger partial charge in [0, 0.05) is 13.5 Å². The van der Waals surface area contributed by atoms with E-state index in [1.165, 1.54) is 6.92 Å². The highest BCUT2D eigenvalue weighted by molar-refractivity contribution is 5.72. The number of rotatable bonds is 5. The van der Waals surface area contributed by atoms with Crippen molar-refractivity contribution in [1.29, 1.82) is 0 Å². The van der Waals surface area contributed by atoms with E-state index in [0.29, 0.717) is 19.6 Å². The summed E-state index contributed by atoms with van der Waals surface area (Å²) in [6, 6.07) is 0. The van der Waals surface area contributed by atoms with Gasteiger partial charge in [-0.05, 0) is 6.42 Å². The molecule has 0 rings (SSSR count). The van der Waals surface area contributed by atoms with Gasteiger partial charge in [-0.15, -0.1) is 0 Å². The summed E-state index contributed by atoms with van der Waals surface area (Å²) in [7, 11) is 0. The van der Waals surface area contributed by atoms with E-state index >= 15 is 0 Å². The smallest absolute Gasteiger partial charge is 0.308 e. The van der Waals surface area contributed by atoms with E-state index in [1.54, 1.807) is 13.8 Å². The first-order valence-corrected chi connectivity index (χ1v) is 4.45. The molecule has 0 saturated heterocycles. The molecule has 0 fully saturated rings. The molecule has 0 heterocycles. The number of amides is 1. The third-order valence-electron chi connectivity index (χ3n) is 1.41. The topological polar surface area (TPSA) is 55.4 Å². The zero-order valence-corrected chi connectivity index (χ0v) is 8.42. The van der Waals surface area contributed by atoms with Crippen LogP contribution in [0.4, 0.5) is 0 Å². The highest BCUT2D eigenvalue weighted by Crippen LogP contribution is 1.95. The third kappa shape index (κ3) is 7.31. The van der Waals surface area contributed by atoms with Gasteiger partial charge in [-0.25, -0.2) is 0 Å². The highest BCUT2D eigenvalue weighted by atomic mass is 16.5. The summed E-state index contributed by atoms with van der Waals surface area (Å²) >= 11 is 0. The lowest BCUT2D eigenvalue weighted by molar-refractivity contribution is -0.147. The maximum absolute atomic E-state index is 10.9. The fraction of sp³-hybridized carbons (Fsp3) is 0.778. The Morgan fingerprint density at radius 1 is 1.38 bits per heavy atom. The van der Waals surface area contributed by atoms with Gasteiger partial charge in [0.1, 0.15) is 0 Å². The molecule has 0 aliphatic carbocycles. The molecule has 0 atom stereocenters. The van der Waals surface area contributed by atoms with Gasteiger partial charge in [0.2, 0.25) is 5.91 Å². The Balaban J connectivity index is 3.26. The van der Waals surface area contributed by atoms with Gasteiger partial charge in [0.05, 0.1) is 12.5 Å². The van der Waals surface area contributed by atoms with Crippen molar-refractivity contribution in [3.05, 3.63) is 0 Å². The normalized spacial score (nSPS) is 9.85. The van der Waals surface area contributed by atoms with Crippen molar-refractivity contribution in [1.82, 2.24) is 5.32 Å². The predicted molar refractivity (Wildman–Crippen MR) is 49.1 cm³/mol. The SMILES string of the molecule is CC(=O)NCCCOC(=O)C(C)C. The number of hydrogen-bond donors (Lipinski definition) is 1. The van der Waals surface area contributed by atoms with Crippen LogP contribution in [0.3, 0.4) is 0 Å². The second-order valence-electron chi connectivity index (χ2n) is 3.16. The molecular formula is C9H17NO3. The van der Waals surface area contributed by atoms with Crippen LogP contribution >= 0.6 is 0 Å². The molecule has 0 radical (unpaired) electrons. The van der Waals surface area contributed by atoms with E-state index in [0.717, 1.165) is 0 Å². The molecule has 13 heavy (non-hydrogen) atoms. The van der Waals surface area contributed by atoms with Crippen LogP contribution in [-0.2, 0) is 14.3 Å². The second kappa shape index (κ2) is 6.46. The molecule has 0 aromatic carbocycles. The van der Waals surface area contributed by atoms with Crippen molar-refractivity contribution in [3.63, 3.8) is 0 Å². The minimum atomic E-state index is -0.192. The Bertz CT molecular complexity index is 178. The number of nitrogens with one attached hydrogen (secondary N) is 1. The Labute approximate surface area is 78.6 Å². The number of carbonyl (C=O) groups is 2. The molecule has 0 spiro atoms. The largest absolute Gasteiger partial charge is 0.465 e. The molecule has 0 bridgehead atoms. The van der Waals surface area contributed by atoms with E-state index in [1.807, 2.05) is 0 Å². The molecule has 1 amide bonds. The van der Waals surface area contributed by atoms with Gasteiger partial charge in [0.15, 0.2) is 0 Å². The van der Waals surface area contributed by atoms with Crippen LogP contribution in [-0.4, -0.2) is 25.0 Å². The first-order chi connectivity index (χ1) is 6.04. The van der Waals surface area contributed by atoms with Gasteiger partial charge in [0.25, 0.3) is 0 Å². The summed E-state index contributed by atoms with van der Waals surface area (Å²) < 4.78 is 4.90. The number of esters is 1. The number of carbonyl (C=O) groups excluding carboxylic acids is 2. The first kappa shape index (κ1) is 11.9. The summed E-state index contributed by atoms with van der Waals surface area (Å²) in [5.74, 6) is -0.334. The van der Waals surface area contributed by atoms with E-state index < -0.39 is 0 Å². The van der Waals surface area contributed by atoms with Crippen molar-refractivity contribution in [3.8, 4) is 0 Å². The molecule has 0 aromatic heterocycles. The molecule has 0 aliphatic heterocycles. The molecule has 4 nitrogen and oxygen atoms in total. The minimum Gasteiger partial charge on any atom is -0.465 e. The van der Waals surface area contributed by atoms with E-state index in [-0.39, 0.29) is 17.8 Å². The van der Waals surface area contributed by atoms with Crippen molar-refractivity contribution >= 4 is 11.9 Å². The van der Waals surface area contributed by atoms with Crippen molar-refractivity contribution in [2.24, 2.45) is 5.92 Å². The Morgan fingerprint density at radius 2 is 2.00 bits per heavy atom. The number of ether oxygens (including phenoxy) is 1. The molecule has 0 aliphatic rings. The van der Waals surface area contributed by atoms with Crippen LogP contribution in [0.25, 0.3) is 0 Å². The molecule has 0 saturated carbocycles. The summed E-state index contributed by atoms with van der Waals surface area (Å²) in [5.41, 5.74) is 0. The maximum Gasteiger partial charge on any atom is 0.308 e. The zero-order valence-electron chi connectivity index (χ0n) is 8.42. The van der Waals surface area contributed by atoms with Crippen LogP contribution < -0.4 is 5.32 Å². The van der Waals surface area contributed by atoms with Crippen LogP contribution in [0.5, 0.6) is 0 Å². The molecular weight excluding hydrogens is 170 g/mol. The molecule has 4 heteroatoms. The van der Waals surface area contributed by atoms with Crippen molar-refractivity contribution < 1.29 is 14.3 Å². The van der Waals surface area contributed by atoms with Crippen molar-refractivity contribution in [2.75, 3.05) is 13.2 Å². The van der Waals surface area contributed by atoms with Gasteiger partial charge in [-0.1, -0.05) is 13.8 Å². The summed E-state index contributed by atoms with van der Waals surface area (Å²) in [5, 5.41) is 2.62. The van der Waals surface area contributed by atoms with E-state index in [4.69, 9.17) is 4.74 Å². The average molecular weight is 187 g/mol. The lowest BCUT2D eigenvalue weighted by Gasteiger charge is -2.06. The third-order valence-corrected chi connectivity index (χ3v) is 1.41. The first-order valence-electron chi connectivity index (χ1n) is 4.45. The van der Waals surface area contributed by atoms with Gasteiger partial charge in [-0.3, -0.25) is 9.59 Å². The molecule has 0 aromatic rings. The quantitative estimate of drug-likeness (QED) is 0.509. The summed E-state index contributed by atoms with van der Waals surface area (Å²) in [4.78, 5) is 21.4. The Kier molecular flexibility index (Phi) is 5.93. The summed E-state index contributed by atoms with van der Waals surface area (Å²) in [6.07, 6.45) is 0.665. The lowest BCUT2D eigenvalue weighted by atomic mass is 10.2. The molecule has 1 N–H and O–H groups in total. The van der Waals surface area contributed by atoms with Crippen LogP contribution in [0.2, 0.25) is 0 Å². The summed E-state index contributed by atoms with van der Waals surface area (Å²) in [6.45, 7) is 5.96. The predicted octanol–water partition coefficient (Wildman–Crippen LogP) is 0.712. The Hall–Kier alpha value is -1.06. The fourth-order valence-electron chi connectivity index (χ4n) is 0.676. The minimum absolute atomic E-state index is 0.0600. The average Bonchev–Trinajstić information content (AvgIpc) is 2.02. The standard InChI is InChI=1S/C9H17NO3/c1-7(2)9(12)13-6-4-5-10-8(3)11/h7H,4-6H2,1-3H3,(H,10,11). The van der Waals surface area contributed by atoms with Crippen LogP contribution in [0.15, 0.2) is 0 Å². The van der Waals surface area contributed by atoms with Crippen LogP contribution in [0, 0.1) is 5.92 Å². The van der Waals surface area contributed by atoms with Crippen LogP contribution in [0.1, 0.15) is 27.2 Å². The van der Waals surface area contributed by atoms with Gasteiger partial charge in [-0.2, -0.15) is 0 Å². The van der Waals surface area contributed by atoms with Crippen molar-refractivity contribution in [2.45, 2.75) is 27.2 Å². The zero-order chi connectivity index (χ0) is 10.3. The Morgan fingerprint density at radius 3 is 2.46 bits per heavy atom. The highest BCUT2D eigenvalue weighted by Gasteiger charge is 2.06. The maximum atomic E-state index is 10.9. The monoisotopic (exact) mass is 187 g/mol. The van der Waals surface area contributed by atoms with E-state index in [2.05, 4.69) is 5.32 Å².